The maximum Gasteiger partial charge on any atom is 0.407 e. The van der Waals surface area contributed by atoms with Crippen molar-refractivity contribution in [1.82, 2.24) is 5.32 Å². The molecule has 0 spiro atoms. The second kappa shape index (κ2) is 8.12. The van der Waals surface area contributed by atoms with Crippen LogP contribution in [-0.2, 0) is 4.74 Å². The van der Waals surface area contributed by atoms with E-state index in [0.717, 1.165) is 11.1 Å². The van der Waals surface area contributed by atoms with Crippen molar-refractivity contribution < 1.29 is 14.7 Å². The third-order valence-electron chi connectivity index (χ3n) is 4.82. The zero-order valence-electron chi connectivity index (χ0n) is 15.6. The highest BCUT2D eigenvalue weighted by atomic mass is 16.5. The van der Waals surface area contributed by atoms with Crippen LogP contribution in [-0.4, -0.2) is 29.8 Å². The van der Waals surface area contributed by atoms with E-state index in [2.05, 4.69) is 34.7 Å². The van der Waals surface area contributed by atoms with Gasteiger partial charge in [0.2, 0.25) is 0 Å². The van der Waals surface area contributed by atoms with E-state index in [9.17, 15) is 4.79 Å². The summed E-state index contributed by atoms with van der Waals surface area (Å²) in [4.78, 5) is 12.3. The Hall–Kier alpha value is -3.02. The van der Waals surface area contributed by atoms with Crippen LogP contribution in [0.5, 0.6) is 0 Å². The number of nitrogens with zero attached hydrogens (tertiary/aromatic N) is 1. The number of oxime groups is 1. The van der Waals surface area contributed by atoms with E-state index in [1.54, 1.807) is 0 Å². The van der Waals surface area contributed by atoms with Crippen LogP contribution < -0.4 is 11.1 Å². The van der Waals surface area contributed by atoms with Gasteiger partial charge in [0.1, 0.15) is 6.61 Å². The molecule has 3 rings (SSSR count). The van der Waals surface area contributed by atoms with Gasteiger partial charge >= 0.3 is 6.09 Å². The number of ether oxygens (including phenoxy) is 1. The van der Waals surface area contributed by atoms with Gasteiger partial charge in [-0.3, -0.25) is 0 Å². The van der Waals surface area contributed by atoms with Crippen LogP contribution in [0.4, 0.5) is 4.79 Å². The highest BCUT2D eigenvalue weighted by molar-refractivity contribution is 5.88. The molecule has 0 saturated heterocycles. The van der Waals surface area contributed by atoms with Crippen molar-refractivity contribution in [2.24, 2.45) is 16.8 Å². The Balaban J connectivity index is 1.70. The summed E-state index contributed by atoms with van der Waals surface area (Å²) in [6.07, 6.45) is -0.0193. The molecule has 27 heavy (non-hydrogen) atoms. The van der Waals surface area contributed by atoms with Crippen molar-refractivity contribution in [1.29, 1.82) is 0 Å². The first kappa shape index (κ1) is 18.8. The van der Waals surface area contributed by atoms with Gasteiger partial charge < -0.3 is 21.0 Å². The zero-order chi connectivity index (χ0) is 19.4. The molecule has 0 aromatic heterocycles. The summed E-state index contributed by atoms with van der Waals surface area (Å²) < 4.78 is 5.50. The number of hydrogen-bond donors (Lipinski definition) is 3. The minimum atomic E-state index is -0.575. The number of amidine groups is 1. The summed E-state index contributed by atoms with van der Waals surface area (Å²) in [5, 5.41) is 14.6. The molecule has 2 aromatic rings. The highest BCUT2D eigenvalue weighted by Gasteiger charge is 2.29. The predicted molar refractivity (Wildman–Crippen MR) is 105 cm³/mol. The molecule has 0 fully saturated rings. The smallest absolute Gasteiger partial charge is 0.407 e. The van der Waals surface area contributed by atoms with Gasteiger partial charge in [-0.25, -0.2) is 4.79 Å². The normalized spacial score (nSPS) is 14.6. The summed E-state index contributed by atoms with van der Waals surface area (Å²) in [6, 6.07) is 15.8. The standard InChI is InChI=1S/C21H25N3O3/c1-13(2)11-19(20(22)24-26)23-21(25)27-12-18-16-9-5-3-7-14(16)15-8-4-6-10-17(15)18/h3-10,13,18-19,26H,11-12H2,1-2H3,(H2,22,24)(H,23,25)/t19-/m0/s1. The monoisotopic (exact) mass is 367 g/mol. The van der Waals surface area contributed by atoms with E-state index in [-0.39, 0.29) is 24.3 Å². The van der Waals surface area contributed by atoms with Crippen molar-refractivity contribution in [2.45, 2.75) is 32.2 Å². The summed E-state index contributed by atoms with van der Waals surface area (Å²) in [5.41, 5.74) is 10.4. The van der Waals surface area contributed by atoms with Gasteiger partial charge in [-0.15, -0.1) is 0 Å². The molecule has 0 bridgehead atoms. The van der Waals surface area contributed by atoms with Gasteiger partial charge in [0.15, 0.2) is 5.84 Å². The lowest BCUT2D eigenvalue weighted by atomic mass is 9.98. The molecule has 2 aromatic carbocycles. The van der Waals surface area contributed by atoms with Gasteiger partial charge in [0, 0.05) is 5.92 Å². The van der Waals surface area contributed by atoms with Crippen LogP contribution in [0.15, 0.2) is 53.7 Å². The lowest BCUT2D eigenvalue weighted by Gasteiger charge is -2.20. The second-order valence-corrected chi connectivity index (χ2v) is 7.18. The number of benzene rings is 2. The fraction of sp³-hybridized carbons (Fsp3) is 0.333. The summed E-state index contributed by atoms with van der Waals surface area (Å²) in [7, 11) is 0. The van der Waals surface area contributed by atoms with Crippen molar-refractivity contribution >= 4 is 11.9 Å². The molecule has 0 saturated carbocycles. The predicted octanol–water partition coefficient (Wildman–Crippen LogP) is 3.69. The number of amides is 1. The molecule has 1 aliphatic carbocycles. The van der Waals surface area contributed by atoms with Crippen LogP contribution in [0.25, 0.3) is 11.1 Å². The minimum Gasteiger partial charge on any atom is -0.449 e. The van der Waals surface area contributed by atoms with E-state index in [1.165, 1.54) is 11.1 Å². The molecule has 0 aliphatic heterocycles. The van der Waals surface area contributed by atoms with Crippen molar-refractivity contribution in [3.63, 3.8) is 0 Å². The van der Waals surface area contributed by atoms with Gasteiger partial charge in [-0.05, 0) is 34.6 Å². The van der Waals surface area contributed by atoms with E-state index in [4.69, 9.17) is 15.7 Å². The Morgan fingerprint density at radius 2 is 1.70 bits per heavy atom. The SMILES string of the molecule is CC(C)C[C@H](NC(=O)OCC1c2ccccc2-c2ccccc21)/C(N)=N/O. The molecular formula is C21H25N3O3. The second-order valence-electron chi connectivity index (χ2n) is 7.18. The third-order valence-corrected chi connectivity index (χ3v) is 4.82. The quantitative estimate of drug-likeness (QED) is 0.314. The van der Waals surface area contributed by atoms with Crippen LogP contribution in [0.3, 0.4) is 0 Å². The van der Waals surface area contributed by atoms with Crippen molar-refractivity contribution in [3.05, 3.63) is 59.7 Å². The highest BCUT2D eigenvalue weighted by Crippen LogP contribution is 2.44. The Morgan fingerprint density at radius 1 is 1.15 bits per heavy atom. The van der Waals surface area contributed by atoms with Gasteiger partial charge in [-0.1, -0.05) is 67.5 Å². The minimum absolute atomic E-state index is 0.00412. The van der Waals surface area contributed by atoms with E-state index in [0.29, 0.717) is 6.42 Å². The summed E-state index contributed by atoms with van der Waals surface area (Å²) in [6.45, 7) is 4.22. The molecule has 142 valence electrons. The lowest BCUT2D eigenvalue weighted by molar-refractivity contribution is 0.140. The number of carbonyl (C=O) groups excluding carboxylic acids is 1. The largest absolute Gasteiger partial charge is 0.449 e. The first-order valence-corrected chi connectivity index (χ1v) is 9.10. The van der Waals surface area contributed by atoms with Crippen LogP contribution >= 0.6 is 0 Å². The van der Waals surface area contributed by atoms with Crippen LogP contribution in [0, 0.1) is 5.92 Å². The average molecular weight is 367 g/mol. The molecular weight excluding hydrogens is 342 g/mol. The topological polar surface area (TPSA) is 96.9 Å². The molecule has 1 aliphatic rings. The van der Waals surface area contributed by atoms with E-state index in [1.807, 2.05) is 38.1 Å². The van der Waals surface area contributed by atoms with Crippen LogP contribution in [0.2, 0.25) is 0 Å². The number of rotatable bonds is 6. The Morgan fingerprint density at radius 3 is 2.22 bits per heavy atom. The Labute approximate surface area is 159 Å². The van der Waals surface area contributed by atoms with Gasteiger partial charge in [0.05, 0.1) is 6.04 Å². The number of carbonyl (C=O) groups is 1. The van der Waals surface area contributed by atoms with Crippen molar-refractivity contribution in [3.8, 4) is 11.1 Å². The molecule has 0 unspecified atom stereocenters. The van der Waals surface area contributed by atoms with E-state index < -0.39 is 12.1 Å². The van der Waals surface area contributed by atoms with Gasteiger partial charge in [-0.2, -0.15) is 0 Å². The number of hydrogen-bond acceptors (Lipinski definition) is 4. The molecule has 6 nitrogen and oxygen atoms in total. The maximum atomic E-state index is 12.3. The molecule has 6 heteroatoms. The Bertz CT molecular complexity index is 803. The first-order valence-electron chi connectivity index (χ1n) is 9.10. The molecule has 1 atom stereocenters. The maximum absolute atomic E-state index is 12.3. The summed E-state index contributed by atoms with van der Waals surface area (Å²) >= 11 is 0. The Kier molecular flexibility index (Phi) is 5.64. The fourth-order valence-corrected chi connectivity index (χ4v) is 3.58. The van der Waals surface area contributed by atoms with Gasteiger partial charge in [0.25, 0.3) is 0 Å². The van der Waals surface area contributed by atoms with Crippen molar-refractivity contribution in [2.75, 3.05) is 6.61 Å². The first-order chi connectivity index (χ1) is 13.0. The number of alkyl carbamates (subject to hydrolysis) is 1. The number of fused-ring (bicyclic) bond motifs is 3. The molecule has 0 radical (unpaired) electrons. The zero-order valence-corrected chi connectivity index (χ0v) is 15.6. The summed E-state index contributed by atoms with van der Waals surface area (Å²) in [5.74, 6) is 0.233. The molecule has 1 amide bonds. The fourth-order valence-electron chi connectivity index (χ4n) is 3.58. The molecule has 4 N–H and O–H groups in total. The number of nitrogens with one attached hydrogen (secondary N) is 1. The third kappa shape index (κ3) is 4.05. The average Bonchev–Trinajstić information content (AvgIpc) is 2.99. The number of nitrogens with two attached hydrogens (primary N) is 1. The van der Waals surface area contributed by atoms with E-state index >= 15 is 0 Å². The lowest BCUT2D eigenvalue weighted by Crippen LogP contribution is -2.45. The molecule has 0 heterocycles. The van der Waals surface area contributed by atoms with Crippen LogP contribution in [0.1, 0.15) is 37.3 Å².